The minimum atomic E-state index is 0.815. The normalized spacial score (nSPS) is 40.2. The van der Waals surface area contributed by atoms with Gasteiger partial charge in [0.15, 0.2) is 0 Å². The molecule has 0 spiro atoms. The van der Waals surface area contributed by atoms with Gasteiger partial charge in [-0.15, -0.1) is 0 Å². The maximum Gasteiger partial charge on any atom is 0.0205 e. The van der Waals surface area contributed by atoms with E-state index < -0.39 is 0 Å². The predicted octanol–water partition coefficient (Wildman–Crippen LogP) is 4.63. The molecule has 4 aliphatic rings. The van der Waals surface area contributed by atoms with E-state index in [0.717, 1.165) is 34.7 Å². The Balaban J connectivity index is 1.26. The van der Waals surface area contributed by atoms with Gasteiger partial charge in [-0.05, 0) is 51.4 Å². The minimum absolute atomic E-state index is 0.815. The molecule has 0 radical (unpaired) electrons. The number of rotatable bonds is 4. The zero-order valence-electron chi connectivity index (χ0n) is 14.8. The molecule has 2 N–H and O–H groups in total. The average molecular weight is 337 g/mol. The van der Waals surface area contributed by atoms with Crippen LogP contribution in [0.3, 0.4) is 0 Å². The first-order chi connectivity index (χ1) is 11.4. The van der Waals surface area contributed by atoms with E-state index in [1.807, 2.05) is 0 Å². The number of fused-ring (bicyclic) bond motifs is 2. The van der Waals surface area contributed by atoms with E-state index in [-0.39, 0.29) is 0 Å². The van der Waals surface area contributed by atoms with Crippen LogP contribution in [0, 0.1) is 0 Å². The van der Waals surface area contributed by atoms with Crippen LogP contribution in [0.2, 0.25) is 0 Å². The zero-order chi connectivity index (χ0) is 15.5. The fourth-order valence-electron chi connectivity index (χ4n) is 5.54. The second-order valence-electron chi connectivity index (χ2n) is 8.58. The summed E-state index contributed by atoms with van der Waals surface area (Å²) in [6, 6.07) is 3.30. The van der Waals surface area contributed by atoms with Gasteiger partial charge in [-0.2, -0.15) is 11.8 Å². The van der Waals surface area contributed by atoms with Crippen LogP contribution in [-0.2, 0) is 0 Å². The molecule has 2 bridgehead atoms. The van der Waals surface area contributed by atoms with E-state index in [1.165, 1.54) is 89.9 Å². The third-order valence-electron chi connectivity index (χ3n) is 6.88. The van der Waals surface area contributed by atoms with Crippen LogP contribution in [0.15, 0.2) is 0 Å². The second kappa shape index (κ2) is 8.10. The summed E-state index contributed by atoms with van der Waals surface area (Å²) >= 11 is 2.34. The van der Waals surface area contributed by atoms with Crippen LogP contribution in [0.5, 0.6) is 0 Å². The maximum absolute atomic E-state index is 4.07. The molecule has 2 saturated heterocycles. The van der Waals surface area contributed by atoms with E-state index in [9.17, 15) is 0 Å². The number of thioether (sulfide) groups is 1. The van der Waals surface area contributed by atoms with Gasteiger partial charge >= 0.3 is 0 Å². The van der Waals surface area contributed by atoms with E-state index >= 15 is 0 Å². The molecule has 4 rings (SSSR count). The zero-order valence-corrected chi connectivity index (χ0v) is 15.6. The van der Waals surface area contributed by atoms with E-state index in [2.05, 4.69) is 22.4 Å². The Bertz CT molecular complexity index is 329. The summed E-state index contributed by atoms with van der Waals surface area (Å²) in [5.74, 6) is 0. The van der Waals surface area contributed by atoms with Crippen molar-refractivity contribution in [3.8, 4) is 0 Å². The molecule has 0 aromatic heterocycles. The number of hydrogen-bond acceptors (Lipinski definition) is 3. The highest BCUT2D eigenvalue weighted by molar-refractivity contribution is 8.00. The topological polar surface area (TPSA) is 24.1 Å². The van der Waals surface area contributed by atoms with Crippen molar-refractivity contribution in [1.29, 1.82) is 0 Å². The van der Waals surface area contributed by atoms with Gasteiger partial charge in [0.25, 0.3) is 0 Å². The van der Waals surface area contributed by atoms with Crippen LogP contribution < -0.4 is 10.6 Å². The largest absolute Gasteiger partial charge is 0.310 e. The van der Waals surface area contributed by atoms with Gasteiger partial charge in [0.05, 0.1) is 0 Å². The third kappa shape index (κ3) is 4.27. The van der Waals surface area contributed by atoms with E-state index in [1.54, 1.807) is 0 Å². The summed E-state index contributed by atoms with van der Waals surface area (Å²) in [6.07, 6.45) is 20.2. The quantitative estimate of drug-likeness (QED) is 0.783. The Morgan fingerprint density at radius 1 is 0.478 bits per heavy atom. The van der Waals surface area contributed by atoms with Gasteiger partial charge in [0, 0.05) is 34.7 Å². The highest BCUT2D eigenvalue weighted by Gasteiger charge is 2.40. The van der Waals surface area contributed by atoms with Gasteiger partial charge in [-0.3, -0.25) is 0 Å². The molecule has 23 heavy (non-hydrogen) atoms. The first-order valence-electron chi connectivity index (χ1n) is 10.6. The van der Waals surface area contributed by atoms with Crippen molar-refractivity contribution in [1.82, 2.24) is 10.6 Å². The fourth-order valence-corrected chi connectivity index (χ4v) is 7.34. The summed E-state index contributed by atoms with van der Waals surface area (Å²) in [5, 5.41) is 9.94. The van der Waals surface area contributed by atoms with Crippen molar-refractivity contribution < 1.29 is 0 Å². The molecular weight excluding hydrogens is 300 g/mol. The highest BCUT2D eigenvalue weighted by atomic mass is 32.2. The Hall–Kier alpha value is 0.270. The Morgan fingerprint density at radius 3 is 1.35 bits per heavy atom. The Kier molecular flexibility index (Phi) is 5.89. The lowest BCUT2D eigenvalue weighted by Gasteiger charge is -2.46. The molecule has 0 aromatic rings. The molecule has 132 valence electrons. The third-order valence-corrected chi connectivity index (χ3v) is 8.71. The van der Waals surface area contributed by atoms with E-state index in [4.69, 9.17) is 0 Å². The van der Waals surface area contributed by atoms with Gasteiger partial charge in [-0.1, -0.05) is 38.5 Å². The van der Waals surface area contributed by atoms with Crippen LogP contribution in [0.1, 0.15) is 89.9 Å². The highest BCUT2D eigenvalue weighted by Crippen LogP contribution is 2.42. The van der Waals surface area contributed by atoms with Crippen molar-refractivity contribution in [3.05, 3.63) is 0 Å². The lowest BCUT2D eigenvalue weighted by Crippen LogP contribution is -2.55. The van der Waals surface area contributed by atoms with Gasteiger partial charge in [-0.25, -0.2) is 0 Å². The molecule has 2 saturated carbocycles. The molecule has 2 aliphatic heterocycles. The van der Waals surface area contributed by atoms with Crippen molar-refractivity contribution in [3.63, 3.8) is 0 Å². The van der Waals surface area contributed by atoms with Gasteiger partial charge in [0.1, 0.15) is 0 Å². The molecule has 0 aromatic carbocycles. The molecule has 3 heteroatoms. The van der Waals surface area contributed by atoms with Crippen molar-refractivity contribution in [2.45, 2.75) is 125 Å². The van der Waals surface area contributed by atoms with Crippen molar-refractivity contribution >= 4 is 11.8 Å². The first kappa shape index (κ1) is 16.7. The maximum atomic E-state index is 4.07. The smallest absolute Gasteiger partial charge is 0.0205 e. The number of hydrogen-bond donors (Lipinski definition) is 2. The van der Waals surface area contributed by atoms with Crippen LogP contribution in [0.25, 0.3) is 0 Å². The van der Waals surface area contributed by atoms with Crippen molar-refractivity contribution in [2.24, 2.45) is 0 Å². The lowest BCUT2D eigenvalue weighted by atomic mass is 9.88. The van der Waals surface area contributed by atoms with Gasteiger partial charge in [0.2, 0.25) is 0 Å². The summed E-state index contributed by atoms with van der Waals surface area (Å²) in [7, 11) is 0. The van der Waals surface area contributed by atoms with Crippen molar-refractivity contribution in [2.75, 3.05) is 0 Å². The summed E-state index contributed by atoms with van der Waals surface area (Å²) < 4.78 is 0. The molecule has 4 atom stereocenters. The second-order valence-corrected chi connectivity index (χ2v) is 10.1. The minimum Gasteiger partial charge on any atom is -0.310 e. The molecule has 2 aliphatic carbocycles. The Labute approximate surface area is 147 Å². The fraction of sp³-hybridized carbons (Fsp3) is 1.00. The lowest BCUT2D eigenvalue weighted by molar-refractivity contribution is 0.262. The van der Waals surface area contributed by atoms with Gasteiger partial charge < -0.3 is 10.6 Å². The molecular formula is C20H36N2S. The molecule has 0 unspecified atom stereocenters. The number of nitrogens with one attached hydrogen (secondary N) is 2. The SMILES string of the molecule is C1CCC(N[C@@H]2CC[C@H]3S[C@H]2CC[C@H]3NC2CCCCC2)CC1. The monoisotopic (exact) mass is 336 g/mol. The average Bonchev–Trinajstić information content (AvgIpc) is 2.61. The standard InChI is InChI=1S/C20H36N2S/c1-3-7-15(8-4-1)21-17-11-13-20-18(12-14-19(17)23-20)22-16-9-5-2-6-10-16/h15-22H,1-14H2/t17-,18-,19-,20+/m1/s1. The van der Waals surface area contributed by atoms with Crippen LogP contribution in [-0.4, -0.2) is 34.7 Å². The summed E-state index contributed by atoms with van der Waals surface area (Å²) in [5.41, 5.74) is 0. The summed E-state index contributed by atoms with van der Waals surface area (Å²) in [6.45, 7) is 0. The molecule has 0 amide bonds. The van der Waals surface area contributed by atoms with Crippen LogP contribution >= 0.6 is 11.8 Å². The van der Waals surface area contributed by atoms with E-state index in [0.29, 0.717) is 0 Å². The molecule has 2 heterocycles. The summed E-state index contributed by atoms with van der Waals surface area (Å²) in [4.78, 5) is 0. The molecule has 4 fully saturated rings. The first-order valence-corrected chi connectivity index (χ1v) is 11.5. The Morgan fingerprint density at radius 2 is 0.913 bits per heavy atom. The van der Waals surface area contributed by atoms with Crippen LogP contribution in [0.4, 0.5) is 0 Å². The molecule has 2 nitrogen and oxygen atoms in total. The predicted molar refractivity (Wildman–Crippen MR) is 101 cm³/mol.